The van der Waals surface area contributed by atoms with E-state index in [1.807, 2.05) is 6.92 Å². The Balaban J connectivity index is 2.19. The lowest BCUT2D eigenvalue weighted by atomic mass is 10.1. The maximum atomic E-state index is 13.6. The molecule has 0 fully saturated rings. The molecule has 0 bridgehead atoms. The first-order valence-corrected chi connectivity index (χ1v) is 6.43. The van der Waals surface area contributed by atoms with E-state index in [9.17, 15) is 8.78 Å². The Morgan fingerprint density at radius 3 is 2.50 bits per heavy atom. The number of benzene rings is 2. The van der Waals surface area contributed by atoms with Crippen molar-refractivity contribution in [2.24, 2.45) is 0 Å². The molecule has 0 aromatic heterocycles. The summed E-state index contributed by atoms with van der Waals surface area (Å²) in [5, 5.41) is 3.38. The van der Waals surface area contributed by atoms with Crippen LogP contribution in [0.1, 0.15) is 18.5 Å². The first-order chi connectivity index (χ1) is 9.49. The molecule has 1 unspecified atom stereocenters. The first kappa shape index (κ1) is 14.6. The van der Waals surface area contributed by atoms with Crippen molar-refractivity contribution in [1.29, 1.82) is 0 Å². The van der Waals surface area contributed by atoms with Gasteiger partial charge >= 0.3 is 0 Å². The first-order valence-electron chi connectivity index (χ1n) is 6.05. The maximum Gasteiger partial charge on any atom is 0.165 e. The summed E-state index contributed by atoms with van der Waals surface area (Å²) in [5.74, 6) is -0.668. The molecule has 5 heteroatoms. The summed E-state index contributed by atoms with van der Waals surface area (Å²) in [6.07, 6.45) is 0. The lowest BCUT2D eigenvalue weighted by molar-refractivity contribution is 0.386. The topological polar surface area (TPSA) is 21.3 Å². The van der Waals surface area contributed by atoms with Crippen molar-refractivity contribution in [3.8, 4) is 5.75 Å². The molecule has 2 aromatic carbocycles. The number of ether oxygens (including phenoxy) is 1. The Hall–Kier alpha value is -1.81. The van der Waals surface area contributed by atoms with Gasteiger partial charge in [0.15, 0.2) is 11.6 Å². The van der Waals surface area contributed by atoms with Gasteiger partial charge in [0, 0.05) is 16.8 Å². The van der Waals surface area contributed by atoms with Gasteiger partial charge in [-0.15, -0.1) is 0 Å². The Kier molecular flexibility index (Phi) is 4.45. The second-order valence-electron chi connectivity index (χ2n) is 4.42. The molecule has 0 heterocycles. The highest BCUT2D eigenvalue weighted by molar-refractivity contribution is 6.30. The molecule has 0 aliphatic carbocycles. The van der Waals surface area contributed by atoms with Crippen LogP contribution in [0.5, 0.6) is 5.75 Å². The standard InChI is InChI=1S/C15H14ClF2NO/c1-9(10-3-4-15(20-2)14(18)5-10)19-13-7-11(16)6-12(17)8-13/h3-9,19H,1-2H3. The summed E-state index contributed by atoms with van der Waals surface area (Å²) < 4.78 is 31.8. The van der Waals surface area contributed by atoms with Gasteiger partial charge in [-0.25, -0.2) is 8.78 Å². The average molecular weight is 298 g/mol. The third kappa shape index (κ3) is 3.39. The van der Waals surface area contributed by atoms with Crippen molar-refractivity contribution < 1.29 is 13.5 Å². The lowest BCUT2D eigenvalue weighted by Gasteiger charge is -2.16. The Labute approximate surface area is 121 Å². The van der Waals surface area contributed by atoms with Crippen LogP contribution in [-0.2, 0) is 0 Å². The van der Waals surface area contributed by atoms with E-state index in [4.69, 9.17) is 16.3 Å². The van der Waals surface area contributed by atoms with Crippen molar-refractivity contribution in [2.75, 3.05) is 12.4 Å². The van der Waals surface area contributed by atoms with E-state index in [1.165, 1.54) is 25.3 Å². The minimum absolute atomic E-state index is 0.190. The monoisotopic (exact) mass is 297 g/mol. The van der Waals surface area contributed by atoms with Crippen LogP contribution in [-0.4, -0.2) is 7.11 Å². The molecular weight excluding hydrogens is 284 g/mol. The molecule has 1 atom stereocenters. The number of rotatable bonds is 4. The minimum atomic E-state index is -0.434. The highest BCUT2D eigenvalue weighted by atomic mass is 35.5. The predicted octanol–water partition coefficient (Wildman–Crippen LogP) is 4.80. The molecule has 0 aliphatic heterocycles. The zero-order valence-corrected chi connectivity index (χ0v) is 11.8. The van der Waals surface area contributed by atoms with E-state index in [-0.39, 0.29) is 11.8 Å². The minimum Gasteiger partial charge on any atom is -0.494 e. The van der Waals surface area contributed by atoms with Crippen LogP contribution in [0, 0.1) is 11.6 Å². The van der Waals surface area contributed by atoms with Crippen LogP contribution >= 0.6 is 11.6 Å². The zero-order chi connectivity index (χ0) is 14.7. The summed E-state index contributed by atoms with van der Waals surface area (Å²) in [5.41, 5.74) is 1.27. The summed E-state index contributed by atoms with van der Waals surface area (Å²) in [6.45, 7) is 1.85. The molecule has 1 N–H and O–H groups in total. The second-order valence-corrected chi connectivity index (χ2v) is 4.85. The van der Waals surface area contributed by atoms with Gasteiger partial charge in [0.2, 0.25) is 0 Å². The number of hydrogen-bond donors (Lipinski definition) is 1. The Morgan fingerprint density at radius 1 is 1.15 bits per heavy atom. The molecule has 2 aromatic rings. The Bertz CT molecular complexity index is 599. The van der Waals surface area contributed by atoms with E-state index in [1.54, 1.807) is 18.2 Å². The molecule has 0 aliphatic rings. The molecule has 20 heavy (non-hydrogen) atoms. The van der Waals surface area contributed by atoms with Gasteiger partial charge in [-0.1, -0.05) is 17.7 Å². The molecule has 2 nitrogen and oxygen atoms in total. The third-order valence-electron chi connectivity index (χ3n) is 2.92. The summed E-state index contributed by atoms with van der Waals surface area (Å²) in [7, 11) is 1.41. The van der Waals surface area contributed by atoms with Crippen LogP contribution in [0.2, 0.25) is 5.02 Å². The smallest absolute Gasteiger partial charge is 0.165 e. The molecule has 0 saturated heterocycles. The van der Waals surface area contributed by atoms with E-state index in [0.717, 1.165) is 5.56 Å². The lowest BCUT2D eigenvalue weighted by Crippen LogP contribution is -2.07. The van der Waals surface area contributed by atoms with Gasteiger partial charge in [-0.05, 0) is 42.8 Å². The highest BCUT2D eigenvalue weighted by Crippen LogP contribution is 2.26. The van der Waals surface area contributed by atoms with Gasteiger partial charge in [0.05, 0.1) is 7.11 Å². The van der Waals surface area contributed by atoms with Crippen molar-refractivity contribution in [2.45, 2.75) is 13.0 Å². The number of hydrogen-bond acceptors (Lipinski definition) is 2. The molecule has 2 rings (SSSR count). The van der Waals surface area contributed by atoms with E-state index in [0.29, 0.717) is 10.7 Å². The predicted molar refractivity (Wildman–Crippen MR) is 76.4 cm³/mol. The largest absolute Gasteiger partial charge is 0.494 e. The van der Waals surface area contributed by atoms with Crippen molar-refractivity contribution in [1.82, 2.24) is 0 Å². The second kappa shape index (κ2) is 6.09. The van der Waals surface area contributed by atoms with Gasteiger partial charge < -0.3 is 10.1 Å². The highest BCUT2D eigenvalue weighted by Gasteiger charge is 2.10. The van der Waals surface area contributed by atoms with Crippen LogP contribution in [0.4, 0.5) is 14.5 Å². The maximum absolute atomic E-state index is 13.6. The quantitative estimate of drug-likeness (QED) is 0.875. The molecule has 106 valence electrons. The van der Waals surface area contributed by atoms with E-state index < -0.39 is 11.6 Å². The van der Waals surface area contributed by atoms with Crippen LogP contribution < -0.4 is 10.1 Å². The van der Waals surface area contributed by atoms with Crippen LogP contribution in [0.25, 0.3) is 0 Å². The number of halogens is 3. The van der Waals surface area contributed by atoms with Crippen LogP contribution in [0.15, 0.2) is 36.4 Å². The number of methoxy groups -OCH3 is 1. The SMILES string of the molecule is COc1ccc(C(C)Nc2cc(F)cc(Cl)c2)cc1F. The van der Waals surface area contributed by atoms with E-state index >= 15 is 0 Å². The summed E-state index contributed by atoms with van der Waals surface area (Å²) in [6, 6.07) is 8.67. The average Bonchev–Trinajstić information content (AvgIpc) is 2.37. The van der Waals surface area contributed by atoms with Gasteiger partial charge in [-0.2, -0.15) is 0 Å². The molecule has 0 amide bonds. The van der Waals surface area contributed by atoms with Crippen LogP contribution in [0.3, 0.4) is 0 Å². The molecule has 0 spiro atoms. The van der Waals surface area contributed by atoms with E-state index in [2.05, 4.69) is 5.32 Å². The Morgan fingerprint density at radius 2 is 1.90 bits per heavy atom. The fourth-order valence-electron chi connectivity index (χ4n) is 1.92. The fraction of sp³-hybridized carbons (Fsp3) is 0.200. The molecule has 0 radical (unpaired) electrons. The number of nitrogens with one attached hydrogen (secondary N) is 1. The summed E-state index contributed by atoms with van der Waals surface area (Å²) in [4.78, 5) is 0. The number of anilines is 1. The van der Waals surface area contributed by atoms with Gasteiger partial charge in [-0.3, -0.25) is 0 Å². The van der Waals surface area contributed by atoms with Crippen molar-refractivity contribution >= 4 is 17.3 Å². The normalized spacial score (nSPS) is 12.1. The van der Waals surface area contributed by atoms with Crippen molar-refractivity contribution in [3.63, 3.8) is 0 Å². The molecule has 0 saturated carbocycles. The zero-order valence-electron chi connectivity index (χ0n) is 11.1. The third-order valence-corrected chi connectivity index (χ3v) is 3.14. The fourth-order valence-corrected chi connectivity index (χ4v) is 2.14. The van der Waals surface area contributed by atoms with Gasteiger partial charge in [0.25, 0.3) is 0 Å². The molecular formula is C15H14ClF2NO. The van der Waals surface area contributed by atoms with Gasteiger partial charge in [0.1, 0.15) is 5.82 Å². The van der Waals surface area contributed by atoms with Crippen molar-refractivity contribution in [3.05, 3.63) is 58.6 Å². The summed E-state index contributed by atoms with van der Waals surface area (Å²) >= 11 is 5.79.